The van der Waals surface area contributed by atoms with Gasteiger partial charge < -0.3 is 14.6 Å². The fourth-order valence-electron chi connectivity index (χ4n) is 2.06. The van der Waals surface area contributed by atoms with Gasteiger partial charge in [-0.25, -0.2) is 0 Å². The number of hydrogen-bond acceptors (Lipinski definition) is 4. The van der Waals surface area contributed by atoms with Crippen molar-refractivity contribution in [1.29, 1.82) is 0 Å². The smallest absolute Gasteiger partial charge is 0.422 e. The number of ether oxygens (including phenoxy) is 1. The van der Waals surface area contributed by atoms with E-state index < -0.39 is 12.8 Å². The van der Waals surface area contributed by atoms with Gasteiger partial charge in [0.1, 0.15) is 11.5 Å². The van der Waals surface area contributed by atoms with Crippen LogP contribution in [0.2, 0.25) is 0 Å². The average Bonchev–Trinajstić information content (AvgIpc) is 2.75. The zero-order chi connectivity index (χ0) is 16.3. The lowest BCUT2D eigenvalue weighted by atomic mass is 10.1. The summed E-state index contributed by atoms with van der Waals surface area (Å²) in [5.74, 6) is 0.924. The summed E-state index contributed by atoms with van der Waals surface area (Å²) in [5, 5.41) is 7.03. The molecule has 0 fully saturated rings. The molecule has 22 heavy (non-hydrogen) atoms. The second-order valence-electron chi connectivity index (χ2n) is 4.99. The van der Waals surface area contributed by atoms with Crippen molar-refractivity contribution in [1.82, 2.24) is 5.16 Å². The average molecular weight is 314 g/mol. The van der Waals surface area contributed by atoms with Crippen LogP contribution in [0.5, 0.6) is 5.75 Å². The molecule has 1 aromatic heterocycles. The van der Waals surface area contributed by atoms with Crippen molar-refractivity contribution in [3.63, 3.8) is 0 Å². The Bertz CT molecular complexity index is 631. The maximum absolute atomic E-state index is 12.2. The lowest BCUT2D eigenvalue weighted by Crippen LogP contribution is -2.19. The Morgan fingerprint density at radius 3 is 2.55 bits per heavy atom. The first-order valence-electron chi connectivity index (χ1n) is 6.72. The van der Waals surface area contributed by atoms with Gasteiger partial charge >= 0.3 is 6.18 Å². The monoisotopic (exact) mass is 314 g/mol. The van der Waals surface area contributed by atoms with E-state index >= 15 is 0 Å². The molecule has 0 saturated carbocycles. The van der Waals surface area contributed by atoms with E-state index in [1.165, 1.54) is 6.07 Å². The van der Waals surface area contributed by atoms with Crippen molar-refractivity contribution in [3.05, 3.63) is 40.8 Å². The van der Waals surface area contributed by atoms with E-state index in [0.29, 0.717) is 23.6 Å². The summed E-state index contributed by atoms with van der Waals surface area (Å²) in [5.41, 5.74) is 3.05. The zero-order valence-electron chi connectivity index (χ0n) is 12.5. The number of hydrogen-bond donors (Lipinski definition) is 1. The van der Waals surface area contributed by atoms with Crippen LogP contribution in [-0.4, -0.2) is 17.9 Å². The molecule has 4 nitrogen and oxygen atoms in total. The van der Waals surface area contributed by atoms with Gasteiger partial charge in [-0.05, 0) is 32.9 Å². The van der Waals surface area contributed by atoms with Crippen LogP contribution in [0.3, 0.4) is 0 Å². The molecule has 0 atom stereocenters. The number of rotatable bonds is 5. The van der Waals surface area contributed by atoms with Crippen molar-refractivity contribution >= 4 is 5.69 Å². The van der Waals surface area contributed by atoms with E-state index in [1.54, 1.807) is 19.1 Å². The second-order valence-corrected chi connectivity index (χ2v) is 4.99. The van der Waals surface area contributed by atoms with Gasteiger partial charge in [0.25, 0.3) is 0 Å². The van der Waals surface area contributed by atoms with Crippen LogP contribution in [0, 0.1) is 20.8 Å². The third kappa shape index (κ3) is 3.93. The summed E-state index contributed by atoms with van der Waals surface area (Å²) in [7, 11) is 0. The van der Waals surface area contributed by atoms with Crippen molar-refractivity contribution in [3.8, 4) is 5.75 Å². The van der Waals surface area contributed by atoms with Crippen molar-refractivity contribution in [2.45, 2.75) is 33.5 Å². The van der Waals surface area contributed by atoms with Gasteiger partial charge in [-0.2, -0.15) is 13.2 Å². The molecule has 0 amide bonds. The van der Waals surface area contributed by atoms with Crippen molar-refractivity contribution in [2.24, 2.45) is 0 Å². The minimum absolute atomic E-state index is 0.209. The number of nitrogens with zero attached hydrogens (tertiary/aromatic N) is 1. The maximum atomic E-state index is 12.2. The van der Waals surface area contributed by atoms with Gasteiger partial charge in [0.15, 0.2) is 6.61 Å². The summed E-state index contributed by atoms with van der Waals surface area (Å²) in [4.78, 5) is 0. The van der Waals surface area contributed by atoms with Gasteiger partial charge in [-0.1, -0.05) is 11.2 Å². The Labute approximate surface area is 126 Å². The second kappa shape index (κ2) is 6.29. The van der Waals surface area contributed by atoms with Crippen LogP contribution in [0.1, 0.15) is 22.6 Å². The van der Waals surface area contributed by atoms with E-state index in [-0.39, 0.29) is 5.75 Å². The Morgan fingerprint density at radius 1 is 1.23 bits per heavy atom. The fraction of sp³-hybridized carbons (Fsp3) is 0.400. The highest BCUT2D eigenvalue weighted by molar-refractivity contribution is 5.57. The van der Waals surface area contributed by atoms with Gasteiger partial charge in [0, 0.05) is 23.4 Å². The Balaban J connectivity index is 2.09. The molecule has 7 heteroatoms. The van der Waals surface area contributed by atoms with Crippen LogP contribution >= 0.6 is 0 Å². The molecule has 0 aliphatic rings. The summed E-state index contributed by atoms with van der Waals surface area (Å²) in [6.45, 7) is 4.53. The molecule has 0 spiro atoms. The predicted molar refractivity (Wildman–Crippen MR) is 76.0 cm³/mol. The quantitative estimate of drug-likeness (QED) is 0.900. The summed E-state index contributed by atoms with van der Waals surface area (Å²) in [6, 6.07) is 4.95. The van der Waals surface area contributed by atoms with Gasteiger partial charge in [0.05, 0.1) is 5.69 Å². The molecule has 0 aliphatic heterocycles. The Hall–Kier alpha value is -2.18. The number of aryl methyl sites for hydroxylation is 2. The number of aromatic nitrogens is 1. The number of nitrogens with one attached hydrogen (secondary N) is 1. The zero-order valence-corrected chi connectivity index (χ0v) is 12.5. The van der Waals surface area contributed by atoms with Crippen LogP contribution in [0.15, 0.2) is 22.7 Å². The summed E-state index contributed by atoms with van der Waals surface area (Å²) >= 11 is 0. The van der Waals surface area contributed by atoms with Crippen LogP contribution in [0.25, 0.3) is 0 Å². The number of alkyl halides is 3. The highest BCUT2D eigenvalue weighted by atomic mass is 19.4. The van der Waals surface area contributed by atoms with E-state index in [2.05, 4.69) is 10.5 Å². The third-order valence-corrected chi connectivity index (χ3v) is 3.31. The number of anilines is 1. The van der Waals surface area contributed by atoms with Crippen molar-refractivity contribution < 1.29 is 22.4 Å². The molecule has 120 valence electrons. The van der Waals surface area contributed by atoms with E-state index in [4.69, 9.17) is 9.26 Å². The molecular formula is C15H17F3N2O2. The number of halogens is 3. The van der Waals surface area contributed by atoms with E-state index in [0.717, 1.165) is 11.3 Å². The standard InChI is InChI=1S/C15H17F3N2O2/c1-9-13(19-7-12-10(2)20-22-11(12)3)5-4-6-14(9)21-8-15(16,17)18/h4-6,19H,7-8H2,1-3H3. The molecule has 2 rings (SSSR count). The summed E-state index contributed by atoms with van der Waals surface area (Å²) in [6.07, 6.45) is -4.35. The number of benzene rings is 1. The fourth-order valence-corrected chi connectivity index (χ4v) is 2.06. The van der Waals surface area contributed by atoms with Crippen molar-refractivity contribution in [2.75, 3.05) is 11.9 Å². The van der Waals surface area contributed by atoms with Crippen LogP contribution < -0.4 is 10.1 Å². The Kier molecular flexibility index (Phi) is 4.63. The molecule has 0 unspecified atom stereocenters. The van der Waals surface area contributed by atoms with E-state index in [1.807, 2.05) is 13.8 Å². The molecule has 1 heterocycles. The normalized spacial score (nSPS) is 11.5. The maximum Gasteiger partial charge on any atom is 0.422 e. The first-order chi connectivity index (χ1) is 10.3. The molecular weight excluding hydrogens is 297 g/mol. The van der Waals surface area contributed by atoms with E-state index in [9.17, 15) is 13.2 Å². The predicted octanol–water partition coefficient (Wildman–Crippen LogP) is 4.15. The highest BCUT2D eigenvalue weighted by Gasteiger charge is 2.28. The SMILES string of the molecule is Cc1noc(C)c1CNc1cccc(OCC(F)(F)F)c1C. The molecule has 1 aromatic carbocycles. The minimum atomic E-state index is -4.35. The summed E-state index contributed by atoms with van der Waals surface area (Å²) < 4.78 is 46.6. The van der Waals surface area contributed by atoms with Gasteiger partial charge in [-0.3, -0.25) is 0 Å². The lowest BCUT2D eigenvalue weighted by Gasteiger charge is -2.15. The third-order valence-electron chi connectivity index (χ3n) is 3.31. The van der Waals surface area contributed by atoms with Crippen LogP contribution in [0.4, 0.5) is 18.9 Å². The molecule has 0 aliphatic carbocycles. The molecule has 0 bridgehead atoms. The minimum Gasteiger partial charge on any atom is -0.484 e. The lowest BCUT2D eigenvalue weighted by molar-refractivity contribution is -0.153. The topological polar surface area (TPSA) is 47.3 Å². The first kappa shape index (κ1) is 16.2. The highest BCUT2D eigenvalue weighted by Crippen LogP contribution is 2.28. The van der Waals surface area contributed by atoms with Gasteiger partial charge in [-0.15, -0.1) is 0 Å². The Morgan fingerprint density at radius 2 is 1.95 bits per heavy atom. The first-order valence-corrected chi connectivity index (χ1v) is 6.72. The molecule has 0 radical (unpaired) electrons. The molecule has 2 aromatic rings. The molecule has 1 N–H and O–H groups in total. The van der Waals surface area contributed by atoms with Crippen LogP contribution in [-0.2, 0) is 6.54 Å². The van der Waals surface area contributed by atoms with Gasteiger partial charge in [0.2, 0.25) is 0 Å². The molecule has 0 saturated heterocycles. The largest absolute Gasteiger partial charge is 0.484 e.